The third-order valence-electron chi connectivity index (χ3n) is 4.53. The van der Waals surface area contributed by atoms with Gasteiger partial charge in [-0.2, -0.15) is 0 Å². The van der Waals surface area contributed by atoms with E-state index in [-0.39, 0.29) is 11.2 Å². The molecule has 0 atom stereocenters. The van der Waals surface area contributed by atoms with Crippen LogP contribution in [0.25, 0.3) is 10.2 Å². The minimum absolute atomic E-state index is 0.0134. The zero-order valence-corrected chi connectivity index (χ0v) is 13.5. The van der Waals surface area contributed by atoms with Gasteiger partial charge in [0.2, 0.25) is 0 Å². The molecular weight excluding hydrogens is 286 g/mol. The molecule has 21 heavy (non-hydrogen) atoms. The lowest BCUT2D eigenvalue weighted by molar-refractivity contribution is -0.0696. The van der Waals surface area contributed by atoms with Gasteiger partial charge >= 0.3 is 0 Å². The van der Waals surface area contributed by atoms with Gasteiger partial charge < -0.3 is 15.0 Å². The Morgan fingerprint density at radius 1 is 1.43 bits per heavy atom. The van der Waals surface area contributed by atoms with Crippen molar-refractivity contribution < 1.29 is 4.74 Å². The van der Waals surface area contributed by atoms with Gasteiger partial charge in [0, 0.05) is 18.5 Å². The number of hydrogen-bond acceptors (Lipinski definition) is 5. The van der Waals surface area contributed by atoms with Gasteiger partial charge in [-0.25, -0.2) is 4.98 Å². The molecule has 1 aliphatic carbocycles. The summed E-state index contributed by atoms with van der Waals surface area (Å²) < 4.78 is 5.57. The Labute approximate surface area is 127 Å². The van der Waals surface area contributed by atoms with Crippen LogP contribution in [0.3, 0.4) is 0 Å². The third-order valence-corrected chi connectivity index (χ3v) is 5.63. The zero-order valence-electron chi connectivity index (χ0n) is 12.7. The van der Waals surface area contributed by atoms with Gasteiger partial charge in [-0.15, -0.1) is 11.3 Å². The molecule has 2 aromatic rings. The second-order valence-electron chi connectivity index (χ2n) is 5.82. The molecule has 0 radical (unpaired) electrons. The zero-order chi connectivity index (χ0) is 15.0. The average molecular weight is 307 g/mol. The molecule has 2 aromatic heterocycles. The Kier molecular flexibility index (Phi) is 3.86. The summed E-state index contributed by atoms with van der Waals surface area (Å²) >= 11 is 1.58. The average Bonchev–Trinajstić information content (AvgIpc) is 2.68. The quantitative estimate of drug-likeness (QED) is 0.889. The first kappa shape index (κ1) is 14.7. The summed E-state index contributed by atoms with van der Waals surface area (Å²) in [5.41, 5.74) is 0.986. The first-order chi connectivity index (χ1) is 10.0. The van der Waals surface area contributed by atoms with E-state index in [0.29, 0.717) is 12.4 Å². The maximum Gasteiger partial charge on any atom is 0.259 e. The molecule has 0 aromatic carbocycles. The van der Waals surface area contributed by atoms with E-state index < -0.39 is 0 Å². The van der Waals surface area contributed by atoms with Crippen molar-refractivity contribution in [3.8, 4) is 0 Å². The fourth-order valence-corrected chi connectivity index (χ4v) is 3.86. The van der Waals surface area contributed by atoms with Crippen LogP contribution in [-0.4, -0.2) is 29.2 Å². The topological polar surface area (TPSA) is 67.0 Å². The van der Waals surface area contributed by atoms with Gasteiger partial charge in [-0.3, -0.25) is 4.79 Å². The number of aromatic nitrogens is 2. The monoisotopic (exact) mass is 307 g/mol. The lowest BCUT2D eigenvalue weighted by Crippen LogP contribution is -2.47. The molecule has 1 aliphatic rings. The largest absolute Gasteiger partial charge is 0.377 e. The van der Waals surface area contributed by atoms with E-state index in [0.717, 1.165) is 40.0 Å². The number of thiophene rings is 1. The predicted molar refractivity (Wildman–Crippen MR) is 85.0 cm³/mol. The highest BCUT2D eigenvalue weighted by Gasteiger charge is 2.36. The van der Waals surface area contributed by atoms with Crippen LogP contribution in [0.2, 0.25) is 0 Å². The highest BCUT2D eigenvalue weighted by Crippen LogP contribution is 2.34. The van der Waals surface area contributed by atoms with Crippen molar-refractivity contribution in [2.45, 2.75) is 45.3 Å². The summed E-state index contributed by atoms with van der Waals surface area (Å²) in [5, 5.41) is 4.09. The van der Waals surface area contributed by atoms with Crippen LogP contribution in [0, 0.1) is 13.8 Å². The highest BCUT2D eigenvalue weighted by molar-refractivity contribution is 7.18. The van der Waals surface area contributed by atoms with Crippen molar-refractivity contribution >= 4 is 21.6 Å². The smallest absolute Gasteiger partial charge is 0.259 e. The lowest BCUT2D eigenvalue weighted by atomic mass is 9.80. The van der Waals surface area contributed by atoms with Crippen LogP contribution in [0.5, 0.6) is 0 Å². The van der Waals surface area contributed by atoms with Crippen LogP contribution >= 0.6 is 11.3 Å². The molecule has 0 bridgehead atoms. The number of fused-ring (bicyclic) bond motifs is 1. The van der Waals surface area contributed by atoms with E-state index in [1.807, 2.05) is 13.8 Å². The fourth-order valence-electron chi connectivity index (χ4n) is 2.82. The van der Waals surface area contributed by atoms with E-state index in [1.54, 1.807) is 18.4 Å². The Morgan fingerprint density at radius 2 is 2.19 bits per heavy atom. The SMILES string of the molecule is COC1(CNCc2nc3sc(C)c(C)c3c(=O)[nH]2)CCC1. The van der Waals surface area contributed by atoms with Crippen LogP contribution in [-0.2, 0) is 11.3 Å². The first-order valence-corrected chi connectivity index (χ1v) is 8.11. The fraction of sp³-hybridized carbons (Fsp3) is 0.600. The van der Waals surface area contributed by atoms with Gasteiger partial charge in [-0.1, -0.05) is 0 Å². The van der Waals surface area contributed by atoms with Crippen molar-refractivity contribution in [3.63, 3.8) is 0 Å². The summed E-state index contributed by atoms with van der Waals surface area (Å²) in [5.74, 6) is 0.694. The number of ether oxygens (including phenoxy) is 1. The van der Waals surface area contributed by atoms with Gasteiger partial charge in [0.25, 0.3) is 5.56 Å². The number of aromatic amines is 1. The number of methoxy groups -OCH3 is 1. The maximum atomic E-state index is 12.2. The van der Waals surface area contributed by atoms with E-state index >= 15 is 0 Å². The van der Waals surface area contributed by atoms with Gasteiger partial charge in [0.1, 0.15) is 10.7 Å². The molecule has 0 spiro atoms. The molecule has 1 saturated carbocycles. The number of aryl methyl sites for hydroxylation is 2. The third kappa shape index (κ3) is 2.63. The molecule has 0 aliphatic heterocycles. The number of hydrogen-bond donors (Lipinski definition) is 2. The molecular formula is C15H21N3O2S. The molecule has 5 nitrogen and oxygen atoms in total. The molecule has 2 N–H and O–H groups in total. The van der Waals surface area contributed by atoms with Crippen LogP contribution in [0.15, 0.2) is 4.79 Å². The van der Waals surface area contributed by atoms with Crippen LogP contribution in [0.4, 0.5) is 0 Å². The van der Waals surface area contributed by atoms with E-state index in [4.69, 9.17) is 4.74 Å². The standard InChI is InChI=1S/C15H21N3O2S/c1-9-10(2)21-14-12(9)13(19)17-11(18-14)7-16-8-15(20-3)5-4-6-15/h16H,4-8H2,1-3H3,(H,17,18,19). The van der Waals surface area contributed by atoms with Crippen molar-refractivity contribution in [2.24, 2.45) is 0 Å². The summed E-state index contributed by atoms with van der Waals surface area (Å²) in [4.78, 5) is 21.6. The second kappa shape index (κ2) is 5.51. The van der Waals surface area contributed by atoms with Crippen molar-refractivity contribution in [2.75, 3.05) is 13.7 Å². The van der Waals surface area contributed by atoms with Gasteiger partial charge in [-0.05, 0) is 38.7 Å². The minimum atomic E-state index is -0.0382. The van der Waals surface area contributed by atoms with Crippen molar-refractivity contribution in [1.29, 1.82) is 0 Å². The summed E-state index contributed by atoms with van der Waals surface area (Å²) in [6, 6.07) is 0. The predicted octanol–water partition coefficient (Wildman–Crippen LogP) is 2.26. The van der Waals surface area contributed by atoms with E-state index in [9.17, 15) is 4.79 Å². The molecule has 6 heteroatoms. The summed E-state index contributed by atoms with van der Waals surface area (Å²) in [6.07, 6.45) is 3.43. The molecule has 114 valence electrons. The Morgan fingerprint density at radius 3 is 2.81 bits per heavy atom. The van der Waals surface area contributed by atoms with Gasteiger partial charge in [0.05, 0.1) is 17.5 Å². The molecule has 0 amide bonds. The Balaban J connectivity index is 1.74. The molecule has 2 heterocycles. The minimum Gasteiger partial charge on any atom is -0.377 e. The molecule has 0 saturated heterocycles. The lowest BCUT2D eigenvalue weighted by Gasteiger charge is -2.40. The van der Waals surface area contributed by atoms with Crippen molar-refractivity contribution in [1.82, 2.24) is 15.3 Å². The summed E-state index contributed by atoms with van der Waals surface area (Å²) in [7, 11) is 1.77. The normalized spacial score (nSPS) is 17.1. The molecule has 1 fully saturated rings. The number of rotatable bonds is 5. The number of H-pyrrole nitrogens is 1. The second-order valence-corrected chi connectivity index (χ2v) is 7.02. The Hall–Kier alpha value is -1.24. The van der Waals surface area contributed by atoms with Crippen LogP contribution in [0.1, 0.15) is 35.5 Å². The number of nitrogens with zero attached hydrogens (tertiary/aromatic N) is 1. The molecule has 0 unspecified atom stereocenters. The Bertz CT molecular complexity index is 710. The molecule has 3 rings (SSSR count). The van der Waals surface area contributed by atoms with E-state index in [2.05, 4.69) is 15.3 Å². The number of nitrogens with one attached hydrogen (secondary N) is 2. The highest BCUT2D eigenvalue weighted by atomic mass is 32.1. The van der Waals surface area contributed by atoms with Gasteiger partial charge in [0.15, 0.2) is 0 Å². The van der Waals surface area contributed by atoms with E-state index in [1.165, 1.54) is 6.42 Å². The van der Waals surface area contributed by atoms with Crippen LogP contribution < -0.4 is 10.9 Å². The van der Waals surface area contributed by atoms with Crippen molar-refractivity contribution in [3.05, 3.63) is 26.6 Å². The first-order valence-electron chi connectivity index (χ1n) is 7.29. The summed E-state index contributed by atoms with van der Waals surface area (Å²) in [6.45, 7) is 5.36. The maximum absolute atomic E-state index is 12.2.